The topological polar surface area (TPSA) is 54.4 Å². The molecular formula is C27H22F5N3O3. The monoisotopic (exact) mass is 531 g/mol. The smallest absolute Gasteiger partial charge is 0.416 e. The summed E-state index contributed by atoms with van der Waals surface area (Å²) in [6.45, 7) is 2.44. The van der Waals surface area contributed by atoms with Gasteiger partial charge in [0.15, 0.2) is 5.75 Å². The average Bonchev–Trinajstić information content (AvgIpc) is 3.03. The number of halogens is 5. The van der Waals surface area contributed by atoms with E-state index in [-0.39, 0.29) is 36.6 Å². The number of ether oxygens (including phenoxy) is 2. The fourth-order valence-electron chi connectivity index (χ4n) is 4.57. The van der Waals surface area contributed by atoms with E-state index >= 15 is 0 Å². The second-order valence-corrected chi connectivity index (χ2v) is 9.00. The number of nitrogens with zero attached hydrogens (tertiary/aromatic N) is 3. The molecule has 1 atom stereocenters. The molecular weight excluding hydrogens is 509 g/mol. The highest BCUT2D eigenvalue weighted by molar-refractivity contribution is 6.04. The maximum Gasteiger partial charge on any atom is 0.416 e. The zero-order valence-electron chi connectivity index (χ0n) is 20.4. The highest BCUT2D eigenvalue weighted by Gasteiger charge is 2.35. The van der Waals surface area contributed by atoms with Crippen LogP contribution < -0.4 is 9.47 Å². The first kappa shape index (κ1) is 25.5. The molecule has 2 aliphatic heterocycles. The van der Waals surface area contributed by atoms with Crippen molar-refractivity contribution in [3.8, 4) is 17.2 Å². The predicted molar refractivity (Wildman–Crippen MR) is 129 cm³/mol. The Morgan fingerprint density at radius 1 is 1.03 bits per heavy atom. The van der Waals surface area contributed by atoms with E-state index in [0.29, 0.717) is 29.0 Å². The molecule has 11 heteroatoms. The van der Waals surface area contributed by atoms with Crippen molar-refractivity contribution in [3.05, 3.63) is 82.9 Å². The molecule has 0 unspecified atom stereocenters. The van der Waals surface area contributed by atoms with Crippen molar-refractivity contribution in [2.75, 3.05) is 26.7 Å². The number of aliphatic imine (C=N–C) groups is 1. The average molecular weight is 531 g/mol. The second kappa shape index (κ2) is 9.62. The summed E-state index contributed by atoms with van der Waals surface area (Å²) in [5.41, 5.74) is -0.595. The lowest BCUT2D eigenvalue weighted by Crippen LogP contribution is -2.55. The van der Waals surface area contributed by atoms with Gasteiger partial charge < -0.3 is 19.3 Å². The number of rotatable bonds is 2. The predicted octanol–water partition coefficient (Wildman–Crippen LogP) is 6.02. The minimum absolute atomic E-state index is 0.00420. The summed E-state index contributed by atoms with van der Waals surface area (Å²) in [6.07, 6.45) is -4.57. The van der Waals surface area contributed by atoms with Crippen LogP contribution in [0.25, 0.3) is 0 Å². The zero-order chi connectivity index (χ0) is 27.2. The molecule has 3 aromatic rings. The number of hydrogen-bond acceptors (Lipinski definition) is 5. The first-order valence-corrected chi connectivity index (χ1v) is 11.7. The summed E-state index contributed by atoms with van der Waals surface area (Å²) >= 11 is 0. The number of benzene rings is 3. The van der Waals surface area contributed by atoms with E-state index in [1.54, 1.807) is 25.1 Å². The van der Waals surface area contributed by atoms with Crippen LogP contribution in [0, 0.1) is 11.6 Å². The molecule has 3 aromatic carbocycles. The van der Waals surface area contributed by atoms with Gasteiger partial charge in [-0.3, -0.25) is 4.79 Å². The van der Waals surface area contributed by atoms with Crippen molar-refractivity contribution in [3.63, 3.8) is 0 Å². The van der Waals surface area contributed by atoms with E-state index < -0.39 is 35.3 Å². The van der Waals surface area contributed by atoms with Gasteiger partial charge in [-0.25, -0.2) is 13.8 Å². The van der Waals surface area contributed by atoms with Gasteiger partial charge in [-0.15, -0.1) is 0 Å². The van der Waals surface area contributed by atoms with E-state index in [2.05, 4.69) is 4.99 Å². The highest BCUT2D eigenvalue weighted by Crippen LogP contribution is 2.42. The van der Waals surface area contributed by atoms with Crippen molar-refractivity contribution < 1.29 is 36.2 Å². The van der Waals surface area contributed by atoms with E-state index in [1.807, 2.05) is 4.90 Å². The van der Waals surface area contributed by atoms with Gasteiger partial charge >= 0.3 is 6.18 Å². The third-order valence-electron chi connectivity index (χ3n) is 6.51. The van der Waals surface area contributed by atoms with Crippen molar-refractivity contribution in [2.45, 2.75) is 19.1 Å². The van der Waals surface area contributed by atoms with Crippen LogP contribution in [0.1, 0.15) is 28.4 Å². The normalized spacial score (nSPS) is 17.1. The Morgan fingerprint density at radius 3 is 2.47 bits per heavy atom. The maximum absolute atomic E-state index is 14.3. The molecule has 198 valence electrons. The first-order chi connectivity index (χ1) is 18.0. The number of amidine groups is 1. The SMILES string of the molecule is COc1ccc2c(c1)C(N1CCN(C(=O)c3ccc(F)cc3F)[C@H](C)C1)=Nc1cc(C(F)(F)F)ccc1O2. The van der Waals surface area contributed by atoms with Crippen molar-refractivity contribution >= 4 is 17.4 Å². The van der Waals surface area contributed by atoms with Gasteiger partial charge in [-0.2, -0.15) is 13.2 Å². The number of carbonyl (C=O) groups excluding carboxylic acids is 1. The lowest BCUT2D eigenvalue weighted by molar-refractivity contribution is -0.137. The van der Waals surface area contributed by atoms with E-state index in [0.717, 1.165) is 24.3 Å². The minimum Gasteiger partial charge on any atom is -0.497 e. The van der Waals surface area contributed by atoms with E-state index in [4.69, 9.17) is 9.47 Å². The number of methoxy groups -OCH3 is 1. The quantitative estimate of drug-likeness (QED) is 0.380. The number of fused-ring (bicyclic) bond motifs is 2. The molecule has 6 nitrogen and oxygen atoms in total. The van der Waals surface area contributed by atoms with Gasteiger partial charge in [0.2, 0.25) is 0 Å². The first-order valence-electron chi connectivity index (χ1n) is 11.7. The highest BCUT2D eigenvalue weighted by atomic mass is 19.4. The molecule has 0 aromatic heterocycles. The Labute approximate surface area is 214 Å². The molecule has 2 aliphatic rings. The number of hydrogen-bond donors (Lipinski definition) is 0. The lowest BCUT2D eigenvalue weighted by atomic mass is 10.1. The van der Waals surface area contributed by atoms with Crippen LogP contribution in [-0.2, 0) is 6.18 Å². The van der Waals surface area contributed by atoms with Crippen LogP contribution in [0.5, 0.6) is 17.2 Å². The van der Waals surface area contributed by atoms with Gasteiger partial charge in [-0.1, -0.05) is 0 Å². The Morgan fingerprint density at radius 2 is 1.79 bits per heavy atom. The largest absolute Gasteiger partial charge is 0.497 e. The summed E-state index contributed by atoms with van der Waals surface area (Å²) < 4.78 is 79.2. The minimum atomic E-state index is -4.57. The summed E-state index contributed by atoms with van der Waals surface area (Å²) in [4.78, 5) is 20.9. The van der Waals surface area contributed by atoms with E-state index in [9.17, 15) is 26.7 Å². The molecule has 2 heterocycles. The van der Waals surface area contributed by atoms with Crippen molar-refractivity contribution in [1.82, 2.24) is 9.80 Å². The fourth-order valence-corrected chi connectivity index (χ4v) is 4.57. The number of carbonyl (C=O) groups is 1. The molecule has 1 fully saturated rings. The van der Waals surface area contributed by atoms with Crippen LogP contribution in [0.3, 0.4) is 0 Å². The molecule has 0 aliphatic carbocycles. The molecule has 0 bridgehead atoms. The Hall–Kier alpha value is -4.15. The van der Waals surface area contributed by atoms with Gasteiger partial charge in [0.05, 0.1) is 23.8 Å². The summed E-state index contributed by atoms with van der Waals surface area (Å²) in [5.74, 6) is -0.931. The third kappa shape index (κ3) is 4.75. The Kier molecular flexibility index (Phi) is 6.46. The zero-order valence-corrected chi connectivity index (χ0v) is 20.4. The van der Waals surface area contributed by atoms with Crippen LogP contribution >= 0.6 is 0 Å². The molecule has 0 N–H and O–H groups in total. The molecule has 5 rings (SSSR count). The molecule has 0 saturated carbocycles. The van der Waals surface area contributed by atoms with Gasteiger partial charge in [0.25, 0.3) is 5.91 Å². The van der Waals surface area contributed by atoms with E-state index in [1.165, 1.54) is 18.1 Å². The molecule has 38 heavy (non-hydrogen) atoms. The summed E-state index contributed by atoms with van der Waals surface area (Å²) in [7, 11) is 1.49. The van der Waals surface area contributed by atoms with Crippen molar-refractivity contribution in [1.29, 1.82) is 0 Å². The Balaban J connectivity index is 1.51. The van der Waals surface area contributed by atoms with Crippen LogP contribution in [0.15, 0.2) is 59.6 Å². The summed E-state index contributed by atoms with van der Waals surface area (Å²) in [6, 6.07) is 10.5. The van der Waals surface area contributed by atoms with Crippen LogP contribution in [-0.4, -0.2) is 54.3 Å². The maximum atomic E-state index is 14.3. The summed E-state index contributed by atoms with van der Waals surface area (Å²) in [5, 5.41) is 0. The Bertz CT molecular complexity index is 1440. The molecule has 1 saturated heterocycles. The number of alkyl halides is 3. The lowest BCUT2D eigenvalue weighted by Gasteiger charge is -2.41. The second-order valence-electron chi connectivity index (χ2n) is 9.00. The third-order valence-corrected chi connectivity index (χ3v) is 6.51. The number of amides is 1. The number of piperazine rings is 1. The van der Waals surface area contributed by atoms with Crippen molar-refractivity contribution in [2.24, 2.45) is 4.99 Å². The van der Waals surface area contributed by atoms with Crippen LogP contribution in [0.4, 0.5) is 27.6 Å². The standard InChI is InChI=1S/C27H22F5N3O3/c1-15-14-34(9-10-35(15)26(36)19-6-4-17(28)12-21(19)29)25-20-13-18(37-2)5-8-23(20)38-24-7-3-16(27(30,31)32)11-22(24)33-25/h3-8,11-13,15H,9-10,14H2,1-2H3/t15-/m1/s1. The molecule has 1 amide bonds. The van der Waals surface area contributed by atoms with Gasteiger partial charge in [0.1, 0.15) is 34.7 Å². The van der Waals surface area contributed by atoms with Crippen LogP contribution in [0.2, 0.25) is 0 Å². The van der Waals surface area contributed by atoms with Gasteiger partial charge in [0, 0.05) is 31.7 Å². The van der Waals surface area contributed by atoms with Gasteiger partial charge in [-0.05, 0) is 55.5 Å². The molecule has 0 radical (unpaired) electrons. The fraction of sp³-hybridized carbons (Fsp3) is 0.259. The molecule has 0 spiro atoms.